The summed E-state index contributed by atoms with van der Waals surface area (Å²) in [7, 11) is -3.51. The predicted molar refractivity (Wildman–Crippen MR) is 84.4 cm³/mol. The minimum absolute atomic E-state index is 0.0689. The highest BCUT2D eigenvalue weighted by molar-refractivity contribution is 7.93. The van der Waals surface area contributed by atoms with Crippen LogP contribution in [0, 0.1) is 5.92 Å². The van der Waals surface area contributed by atoms with Crippen LogP contribution < -0.4 is 5.32 Å². The Balaban J connectivity index is 2.11. The fourth-order valence-corrected chi connectivity index (χ4v) is 3.60. The second-order valence-electron chi connectivity index (χ2n) is 7.52. The van der Waals surface area contributed by atoms with Crippen molar-refractivity contribution >= 4 is 21.6 Å². The van der Waals surface area contributed by atoms with Gasteiger partial charge < -0.3 is 9.84 Å². The van der Waals surface area contributed by atoms with Gasteiger partial charge in [0.2, 0.25) is 5.91 Å². The Hall–Kier alpha value is -1.37. The zero-order valence-corrected chi connectivity index (χ0v) is 14.6. The molecule has 0 spiro atoms. The summed E-state index contributed by atoms with van der Waals surface area (Å²) >= 11 is 0. The first-order valence-corrected chi connectivity index (χ1v) is 9.09. The number of nitrogens with zero attached hydrogens (tertiary/aromatic N) is 1. The largest absolute Gasteiger partial charge is 0.359 e. The molecule has 0 aliphatic heterocycles. The normalized spacial score (nSPS) is 16.6. The topological polar surface area (TPSA) is 89.3 Å². The van der Waals surface area contributed by atoms with Gasteiger partial charge in [-0.3, -0.25) is 4.79 Å². The molecule has 7 heteroatoms. The van der Waals surface area contributed by atoms with E-state index in [1.165, 1.54) is 13.8 Å². The molecule has 0 bridgehead atoms. The molecule has 1 aromatic heterocycles. The molecule has 1 heterocycles. The summed E-state index contributed by atoms with van der Waals surface area (Å²) in [6.45, 7) is 8.76. The molecule has 0 radical (unpaired) electrons. The smallest absolute Gasteiger partial charge is 0.246 e. The average Bonchev–Trinajstić information content (AvgIpc) is 3.02. The first-order valence-electron chi connectivity index (χ1n) is 7.44. The number of anilines is 1. The number of sulfone groups is 1. The lowest BCUT2D eigenvalue weighted by molar-refractivity contribution is -0.117. The first-order chi connectivity index (χ1) is 9.93. The SMILES string of the molecule is CC(C)(C)c1cc(NC(=O)C(C)(C)S(=O)(=O)CC2CC2)no1. The summed E-state index contributed by atoms with van der Waals surface area (Å²) in [5.41, 5.74) is -0.233. The zero-order valence-electron chi connectivity index (χ0n) is 13.8. The van der Waals surface area contributed by atoms with Gasteiger partial charge in [0, 0.05) is 11.5 Å². The summed E-state index contributed by atoms with van der Waals surface area (Å²) < 4.78 is 28.5. The number of hydrogen-bond acceptors (Lipinski definition) is 5. The molecule has 1 N–H and O–H groups in total. The number of hydrogen-bond donors (Lipinski definition) is 1. The van der Waals surface area contributed by atoms with E-state index in [1.807, 2.05) is 20.8 Å². The van der Waals surface area contributed by atoms with E-state index in [9.17, 15) is 13.2 Å². The lowest BCUT2D eigenvalue weighted by Crippen LogP contribution is -2.46. The second kappa shape index (κ2) is 5.37. The van der Waals surface area contributed by atoms with Crippen molar-refractivity contribution in [2.75, 3.05) is 11.1 Å². The van der Waals surface area contributed by atoms with Crippen LogP contribution in [0.3, 0.4) is 0 Å². The van der Waals surface area contributed by atoms with Gasteiger partial charge in [-0.1, -0.05) is 25.9 Å². The van der Waals surface area contributed by atoms with E-state index in [4.69, 9.17) is 4.52 Å². The fraction of sp³-hybridized carbons (Fsp3) is 0.733. The van der Waals surface area contributed by atoms with Crippen molar-refractivity contribution in [2.24, 2.45) is 5.92 Å². The van der Waals surface area contributed by atoms with E-state index >= 15 is 0 Å². The molecule has 6 nitrogen and oxygen atoms in total. The minimum Gasteiger partial charge on any atom is -0.359 e. The van der Waals surface area contributed by atoms with Gasteiger partial charge in [0.1, 0.15) is 10.5 Å². The van der Waals surface area contributed by atoms with Crippen LogP contribution >= 0.6 is 0 Å². The standard InChI is InChI=1S/C15H24N2O4S/c1-14(2,3)11-8-12(17-21-11)16-13(18)15(4,5)22(19,20)9-10-6-7-10/h8,10H,6-7,9H2,1-5H3,(H,16,17,18). The predicted octanol–water partition coefficient (Wildman–Crippen LogP) is 2.51. The maximum Gasteiger partial charge on any atom is 0.246 e. The molecule has 1 aromatic rings. The highest BCUT2D eigenvalue weighted by Gasteiger charge is 2.44. The summed E-state index contributed by atoms with van der Waals surface area (Å²) in [5, 5.41) is 6.34. The molecule has 1 fully saturated rings. The zero-order chi connectivity index (χ0) is 16.8. The van der Waals surface area contributed by atoms with E-state index in [-0.39, 0.29) is 22.9 Å². The molecular formula is C15H24N2O4S. The molecule has 0 unspecified atom stereocenters. The number of amides is 1. The number of nitrogens with one attached hydrogen (secondary N) is 1. The third-order valence-electron chi connectivity index (χ3n) is 3.97. The Bertz CT molecular complexity index is 664. The van der Waals surface area contributed by atoms with E-state index < -0.39 is 20.5 Å². The van der Waals surface area contributed by atoms with Crippen molar-refractivity contribution < 1.29 is 17.7 Å². The number of carbonyl (C=O) groups excluding carboxylic acids is 1. The second-order valence-corrected chi connectivity index (χ2v) is 10.1. The van der Waals surface area contributed by atoms with Crippen LogP contribution in [0.25, 0.3) is 0 Å². The molecule has 22 heavy (non-hydrogen) atoms. The van der Waals surface area contributed by atoms with Crippen molar-refractivity contribution in [1.82, 2.24) is 5.16 Å². The van der Waals surface area contributed by atoms with E-state index in [2.05, 4.69) is 10.5 Å². The molecule has 1 amide bonds. The molecular weight excluding hydrogens is 304 g/mol. The Morgan fingerprint density at radius 1 is 1.32 bits per heavy atom. The highest BCUT2D eigenvalue weighted by Crippen LogP contribution is 2.34. The third-order valence-corrected chi connectivity index (χ3v) is 6.62. The molecule has 0 aromatic carbocycles. The molecule has 0 atom stereocenters. The monoisotopic (exact) mass is 328 g/mol. The van der Waals surface area contributed by atoms with Crippen LogP contribution in [-0.2, 0) is 20.0 Å². The molecule has 1 aliphatic carbocycles. The van der Waals surface area contributed by atoms with Gasteiger partial charge in [-0.15, -0.1) is 0 Å². The maximum atomic E-state index is 12.4. The Morgan fingerprint density at radius 2 is 1.91 bits per heavy atom. The highest BCUT2D eigenvalue weighted by atomic mass is 32.2. The minimum atomic E-state index is -3.51. The van der Waals surface area contributed by atoms with Crippen molar-refractivity contribution in [1.29, 1.82) is 0 Å². The third kappa shape index (κ3) is 3.51. The van der Waals surface area contributed by atoms with Crippen molar-refractivity contribution in [3.05, 3.63) is 11.8 Å². The summed E-state index contributed by atoms with van der Waals surface area (Å²) in [6, 6.07) is 1.63. The average molecular weight is 328 g/mol. The summed E-state index contributed by atoms with van der Waals surface area (Å²) in [4.78, 5) is 12.4. The Morgan fingerprint density at radius 3 is 2.36 bits per heavy atom. The van der Waals surface area contributed by atoms with Gasteiger partial charge >= 0.3 is 0 Å². The van der Waals surface area contributed by atoms with Crippen LogP contribution in [-0.4, -0.2) is 30.0 Å². The van der Waals surface area contributed by atoms with Crippen LogP contribution in [0.4, 0.5) is 5.82 Å². The Labute approximate surface area is 131 Å². The van der Waals surface area contributed by atoms with Crippen molar-refractivity contribution in [3.8, 4) is 0 Å². The van der Waals surface area contributed by atoms with Gasteiger partial charge in [-0.25, -0.2) is 8.42 Å². The lowest BCUT2D eigenvalue weighted by Gasteiger charge is -2.23. The van der Waals surface area contributed by atoms with Crippen molar-refractivity contribution in [3.63, 3.8) is 0 Å². The van der Waals surface area contributed by atoms with Crippen LogP contribution in [0.2, 0.25) is 0 Å². The van der Waals surface area contributed by atoms with Gasteiger partial charge in [-0.2, -0.15) is 0 Å². The van der Waals surface area contributed by atoms with Gasteiger partial charge in [0.05, 0.1) is 5.75 Å². The van der Waals surface area contributed by atoms with Crippen LogP contribution in [0.15, 0.2) is 10.6 Å². The summed E-state index contributed by atoms with van der Waals surface area (Å²) in [6.07, 6.45) is 1.85. The number of rotatable bonds is 5. The van der Waals surface area contributed by atoms with E-state index in [1.54, 1.807) is 6.07 Å². The van der Waals surface area contributed by atoms with E-state index in [0.29, 0.717) is 5.76 Å². The molecule has 2 rings (SSSR count). The van der Waals surface area contributed by atoms with Gasteiger partial charge in [0.25, 0.3) is 0 Å². The van der Waals surface area contributed by atoms with Crippen molar-refractivity contribution in [2.45, 2.75) is 57.6 Å². The van der Waals surface area contributed by atoms with Gasteiger partial charge in [-0.05, 0) is 32.6 Å². The first kappa shape index (κ1) is 17.0. The van der Waals surface area contributed by atoms with E-state index in [0.717, 1.165) is 12.8 Å². The number of carbonyl (C=O) groups is 1. The van der Waals surface area contributed by atoms with Gasteiger partial charge in [0.15, 0.2) is 15.7 Å². The Kier molecular flexibility index (Phi) is 4.14. The summed E-state index contributed by atoms with van der Waals surface area (Å²) in [5.74, 6) is 0.559. The molecule has 0 saturated heterocycles. The number of aromatic nitrogens is 1. The molecule has 1 saturated carbocycles. The molecule has 124 valence electrons. The van der Waals surface area contributed by atoms with Crippen LogP contribution in [0.1, 0.15) is 53.2 Å². The molecule has 1 aliphatic rings. The maximum absolute atomic E-state index is 12.4. The van der Waals surface area contributed by atoms with Crippen LogP contribution in [0.5, 0.6) is 0 Å². The quantitative estimate of drug-likeness (QED) is 0.897. The fourth-order valence-electron chi connectivity index (χ4n) is 1.90. The lowest BCUT2D eigenvalue weighted by atomic mass is 9.93.